The first-order valence-electron chi connectivity index (χ1n) is 3.93. The van der Waals surface area contributed by atoms with Crippen LogP contribution in [0, 0.1) is 0 Å². The van der Waals surface area contributed by atoms with Crippen molar-refractivity contribution in [2.45, 2.75) is 0 Å². The molecule has 2 aromatic rings. The van der Waals surface area contributed by atoms with Crippen LogP contribution in [-0.2, 0) is 0 Å². The highest BCUT2D eigenvalue weighted by Gasteiger charge is 2.00. The second-order valence-electron chi connectivity index (χ2n) is 2.61. The second-order valence-corrected chi connectivity index (χ2v) is 2.61. The predicted octanol–water partition coefficient (Wildman–Crippen LogP) is 2.35. The van der Waals surface area contributed by atoms with Crippen LogP contribution in [0.1, 0.15) is 0 Å². The zero-order valence-corrected chi connectivity index (χ0v) is 7.23. The lowest BCUT2D eigenvalue weighted by Gasteiger charge is -2.00. The lowest BCUT2D eigenvalue weighted by molar-refractivity contribution is 0.415. The lowest BCUT2D eigenvalue weighted by atomic mass is 10.2. The molecule has 3 nitrogen and oxygen atoms in total. The Labute approximate surface area is 76.0 Å². The van der Waals surface area contributed by atoms with Gasteiger partial charge in [-0.1, -0.05) is 12.1 Å². The van der Waals surface area contributed by atoms with Gasteiger partial charge < -0.3 is 9.15 Å². The summed E-state index contributed by atoms with van der Waals surface area (Å²) in [6.07, 6.45) is 3.02. The van der Waals surface area contributed by atoms with Crippen LogP contribution < -0.4 is 4.74 Å². The fourth-order valence-corrected chi connectivity index (χ4v) is 1.14. The van der Waals surface area contributed by atoms with Gasteiger partial charge in [-0.05, 0) is 12.1 Å². The Morgan fingerprint density at radius 1 is 1.38 bits per heavy atom. The van der Waals surface area contributed by atoms with Crippen molar-refractivity contribution in [2.24, 2.45) is 0 Å². The topological polar surface area (TPSA) is 35.3 Å². The molecule has 0 saturated carbocycles. The number of nitrogens with zero attached hydrogens (tertiary/aromatic N) is 1. The van der Waals surface area contributed by atoms with Gasteiger partial charge in [0.05, 0.1) is 7.11 Å². The largest absolute Gasteiger partial charge is 0.497 e. The number of ether oxygens (including phenoxy) is 1. The molecule has 0 unspecified atom stereocenters. The van der Waals surface area contributed by atoms with Crippen LogP contribution in [0.3, 0.4) is 0 Å². The van der Waals surface area contributed by atoms with E-state index in [0.29, 0.717) is 0 Å². The first-order valence-corrected chi connectivity index (χ1v) is 3.93. The zero-order valence-electron chi connectivity index (χ0n) is 7.23. The van der Waals surface area contributed by atoms with Crippen LogP contribution in [0.4, 0.5) is 0 Å². The number of hydrogen-bond donors (Lipinski definition) is 0. The van der Waals surface area contributed by atoms with Crippen molar-refractivity contribution in [3.05, 3.63) is 36.9 Å². The van der Waals surface area contributed by atoms with Crippen LogP contribution in [-0.4, -0.2) is 12.1 Å². The molecule has 0 fully saturated rings. The zero-order chi connectivity index (χ0) is 9.10. The maximum atomic E-state index is 5.09. The van der Waals surface area contributed by atoms with Gasteiger partial charge in [0.15, 0.2) is 6.39 Å². The molecule has 3 heteroatoms. The van der Waals surface area contributed by atoms with Crippen molar-refractivity contribution < 1.29 is 9.15 Å². The molecular formula is C10H9NO2. The average molecular weight is 175 g/mol. The molecule has 13 heavy (non-hydrogen) atoms. The van der Waals surface area contributed by atoms with Gasteiger partial charge in [-0.3, -0.25) is 0 Å². The van der Waals surface area contributed by atoms with E-state index in [-0.39, 0.29) is 0 Å². The molecular weight excluding hydrogens is 166 g/mol. The van der Waals surface area contributed by atoms with E-state index in [1.165, 1.54) is 6.39 Å². The number of benzene rings is 1. The van der Waals surface area contributed by atoms with Gasteiger partial charge in [-0.15, -0.1) is 0 Å². The molecule has 66 valence electrons. The van der Waals surface area contributed by atoms with Gasteiger partial charge in [0, 0.05) is 5.56 Å². The second kappa shape index (κ2) is 3.31. The normalized spacial score (nSPS) is 9.92. The standard InChI is InChI=1S/C10H9NO2/c1-12-9-4-2-3-8(5-9)10-6-13-7-11-10/h2-7H,1H3. The molecule has 1 aromatic carbocycles. The Morgan fingerprint density at radius 3 is 3.00 bits per heavy atom. The van der Waals surface area contributed by atoms with E-state index < -0.39 is 0 Å². The van der Waals surface area contributed by atoms with E-state index in [9.17, 15) is 0 Å². The summed E-state index contributed by atoms with van der Waals surface area (Å²) < 4.78 is 9.98. The lowest BCUT2D eigenvalue weighted by Crippen LogP contribution is -1.83. The van der Waals surface area contributed by atoms with E-state index >= 15 is 0 Å². The van der Waals surface area contributed by atoms with Crippen LogP contribution in [0.25, 0.3) is 11.3 Å². The summed E-state index contributed by atoms with van der Waals surface area (Å²) in [4.78, 5) is 4.04. The third kappa shape index (κ3) is 1.54. The molecule has 0 amide bonds. The highest BCUT2D eigenvalue weighted by Crippen LogP contribution is 2.21. The Morgan fingerprint density at radius 2 is 2.31 bits per heavy atom. The Balaban J connectivity index is 2.41. The fourth-order valence-electron chi connectivity index (χ4n) is 1.14. The van der Waals surface area contributed by atoms with Crippen LogP contribution in [0.15, 0.2) is 41.3 Å². The van der Waals surface area contributed by atoms with E-state index in [4.69, 9.17) is 9.15 Å². The van der Waals surface area contributed by atoms with Gasteiger partial charge in [-0.25, -0.2) is 4.98 Å². The van der Waals surface area contributed by atoms with Gasteiger partial charge in [-0.2, -0.15) is 0 Å². The van der Waals surface area contributed by atoms with Crippen molar-refractivity contribution >= 4 is 0 Å². The smallest absolute Gasteiger partial charge is 0.181 e. The van der Waals surface area contributed by atoms with E-state index in [1.807, 2.05) is 24.3 Å². The summed E-state index contributed by atoms with van der Waals surface area (Å²) in [7, 11) is 1.64. The minimum absolute atomic E-state index is 0.818. The SMILES string of the molecule is COc1cccc(-c2cocn2)c1. The number of aromatic nitrogens is 1. The maximum Gasteiger partial charge on any atom is 0.181 e. The highest BCUT2D eigenvalue weighted by atomic mass is 16.5. The number of methoxy groups -OCH3 is 1. The summed E-state index contributed by atoms with van der Waals surface area (Å²) >= 11 is 0. The van der Waals surface area contributed by atoms with Gasteiger partial charge in [0.1, 0.15) is 17.7 Å². The van der Waals surface area contributed by atoms with Gasteiger partial charge in [0.25, 0.3) is 0 Å². The average Bonchev–Trinajstić information content (AvgIpc) is 2.71. The molecule has 0 aliphatic heterocycles. The summed E-state index contributed by atoms with van der Waals surface area (Å²) in [5.41, 5.74) is 1.81. The molecule has 0 N–H and O–H groups in total. The molecule has 0 spiro atoms. The first-order chi connectivity index (χ1) is 6.40. The fraction of sp³-hybridized carbons (Fsp3) is 0.100. The minimum Gasteiger partial charge on any atom is -0.497 e. The van der Waals surface area contributed by atoms with Gasteiger partial charge >= 0.3 is 0 Å². The van der Waals surface area contributed by atoms with E-state index in [2.05, 4.69) is 4.98 Å². The van der Waals surface area contributed by atoms with E-state index in [0.717, 1.165) is 17.0 Å². The minimum atomic E-state index is 0.818. The molecule has 1 aromatic heterocycles. The van der Waals surface area contributed by atoms with Crippen molar-refractivity contribution in [1.29, 1.82) is 0 Å². The molecule has 2 rings (SSSR count). The van der Waals surface area contributed by atoms with Gasteiger partial charge in [0.2, 0.25) is 0 Å². The quantitative estimate of drug-likeness (QED) is 0.702. The van der Waals surface area contributed by atoms with Crippen molar-refractivity contribution in [3.63, 3.8) is 0 Å². The Kier molecular flexibility index (Phi) is 2.00. The maximum absolute atomic E-state index is 5.09. The molecule has 0 radical (unpaired) electrons. The third-order valence-corrected chi connectivity index (χ3v) is 1.80. The molecule has 0 saturated heterocycles. The van der Waals surface area contributed by atoms with Crippen LogP contribution in [0.5, 0.6) is 5.75 Å². The number of oxazole rings is 1. The highest BCUT2D eigenvalue weighted by molar-refractivity contribution is 5.59. The third-order valence-electron chi connectivity index (χ3n) is 1.80. The molecule has 0 bridgehead atoms. The predicted molar refractivity (Wildman–Crippen MR) is 48.5 cm³/mol. The van der Waals surface area contributed by atoms with Crippen molar-refractivity contribution in [1.82, 2.24) is 4.98 Å². The summed E-state index contributed by atoms with van der Waals surface area (Å²) in [6, 6.07) is 7.69. The molecule has 0 aliphatic carbocycles. The van der Waals surface area contributed by atoms with E-state index in [1.54, 1.807) is 13.4 Å². The number of hydrogen-bond acceptors (Lipinski definition) is 3. The summed E-state index contributed by atoms with van der Waals surface area (Å²) in [5, 5.41) is 0. The Bertz CT molecular complexity index is 382. The summed E-state index contributed by atoms with van der Waals surface area (Å²) in [6.45, 7) is 0. The first kappa shape index (κ1) is 7.86. The van der Waals surface area contributed by atoms with Crippen LogP contribution in [0.2, 0.25) is 0 Å². The molecule has 1 heterocycles. The molecule has 0 aliphatic rings. The van der Waals surface area contributed by atoms with Crippen LogP contribution >= 0.6 is 0 Å². The molecule has 0 atom stereocenters. The van der Waals surface area contributed by atoms with Crippen molar-refractivity contribution in [2.75, 3.05) is 7.11 Å². The Hall–Kier alpha value is -1.77. The summed E-state index contributed by atoms with van der Waals surface area (Å²) in [5.74, 6) is 0.820. The number of rotatable bonds is 2. The van der Waals surface area contributed by atoms with Crippen molar-refractivity contribution in [3.8, 4) is 17.0 Å². The monoisotopic (exact) mass is 175 g/mol.